The van der Waals surface area contributed by atoms with Gasteiger partial charge < -0.3 is 9.64 Å². The number of carbonyl (C=O) groups excluding carboxylic acids is 1. The Hall–Kier alpha value is -2.61. The highest BCUT2D eigenvalue weighted by atomic mass is 32.2. The van der Waals surface area contributed by atoms with E-state index in [2.05, 4.69) is 9.71 Å². The molecular weight excluding hydrogens is 330 g/mol. The SMILES string of the molecule is CCN1C(=O)COc2ccc(S(=O)(=O)Nc3cccc(C)n3)cc21. The van der Waals surface area contributed by atoms with Gasteiger partial charge in [0.1, 0.15) is 11.6 Å². The van der Waals surface area contributed by atoms with Crippen LogP contribution in [0.4, 0.5) is 11.5 Å². The second kappa shape index (κ2) is 6.12. The lowest BCUT2D eigenvalue weighted by molar-refractivity contribution is -0.121. The summed E-state index contributed by atoms with van der Waals surface area (Å²) >= 11 is 0. The molecule has 1 amide bonds. The average Bonchev–Trinajstić information content (AvgIpc) is 2.54. The molecule has 0 fully saturated rings. The van der Waals surface area contributed by atoms with E-state index >= 15 is 0 Å². The summed E-state index contributed by atoms with van der Waals surface area (Å²) in [6.07, 6.45) is 0. The van der Waals surface area contributed by atoms with E-state index in [1.54, 1.807) is 31.2 Å². The first-order valence-corrected chi connectivity index (χ1v) is 8.93. The fraction of sp³-hybridized carbons (Fsp3) is 0.250. The monoisotopic (exact) mass is 347 g/mol. The maximum absolute atomic E-state index is 12.6. The molecule has 1 aromatic carbocycles. The predicted molar refractivity (Wildman–Crippen MR) is 89.7 cm³/mol. The molecule has 3 rings (SSSR count). The first-order chi connectivity index (χ1) is 11.4. The van der Waals surface area contributed by atoms with Gasteiger partial charge in [-0.1, -0.05) is 6.07 Å². The maximum Gasteiger partial charge on any atom is 0.265 e. The number of amides is 1. The van der Waals surface area contributed by atoms with Gasteiger partial charge in [0.15, 0.2) is 6.61 Å². The molecule has 0 unspecified atom stereocenters. The van der Waals surface area contributed by atoms with Crippen LogP contribution in [0.1, 0.15) is 12.6 Å². The van der Waals surface area contributed by atoms with Gasteiger partial charge in [0.2, 0.25) is 0 Å². The molecule has 0 saturated heterocycles. The van der Waals surface area contributed by atoms with Crippen LogP contribution in [0.3, 0.4) is 0 Å². The minimum atomic E-state index is -3.82. The Morgan fingerprint density at radius 3 is 2.79 bits per heavy atom. The van der Waals surface area contributed by atoms with Crippen molar-refractivity contribution < 1.29 is 17.9 Å². The number of nitrogens with one attached hydrogen (secondary N) is 1. The van der Waals surface area contributed by atoms with Crippen molar-refractivity contribution in [1.29, 1.82) is 0 Å². The molecule has 0 atom stereocenters. The zero-order valence-electron chi connectivity index (χ0n) is 13.3. The highest BCUT2D eigenvalue weighted by Gasteiger charge is 2.26. The summed E-state index contributed by atoms with van der Waals surface area (Å²) in [6.45, 7) is 3.99. The minimum absolute atomic E-state index is 0.0429. The van der Waals surface area contributed by atoms with Crippen molar-refractivity contribution in [3.8, 4) is 5.75 Å². The normalized spacial score (nSPS) is 14.1. The van der Waals surface area contributed by atoms with Gasteiger partial charge in [-0.05, 0) is 44.2 Å². The Morgan fingerprint density at radius 1 is 1.29 bits per heavy atom. The molecule has 126 valence electrons. The van der Waals surface area contributed by atoms with E-state index in [-0.39, 0.29) is 23.2 Å². The summed E-state index contributed by atoms with van der Waals surface area (Å²) in [4.78, 5) is 17.6. The number of pyridine rings is 1. The molecule has 0 bridgehead atoms. The molecular formula is C16H17N3O4S. The third kappa shape index (κ3) is 3.05. The van der Waals surface area contributed by atoms with Crippen molar-refractivity contribution in [3.05, 3.63) is 42.1 Å². The molecule has 2 heterocycles. The summed E-state index contributed by atoms with van der Waals surface area (Å²) in [5, 5.41) is 0. The number of hydrogen-bond acceptors (Lipinski definition) is 5. The number of ether oxygens (including phenoxy) is 1. The lowest BCUT2D eigenvalue weighted by Crippen LogP contribution is -2.38. The van der Waals surface area contributed by atoms with Gasteiger partial charge in [-0.3, -0.25) is 9.52 Å². The number of sulfonamides is 1. The third-order valence-electron chi connectivity index (χ3n) is 3.63. The van der Waals surface area contributed by atoms with Gasteiger partial charge in [-0.15, -0.1) is 0 Å². The number of nitrogens with zero attached hydrogens (tertiary/aromatic N) is 2. The number of anilines is 2. The summed E-state index contributed by atoms with van der Waals surface area (Å²) in [7, 11) is -3.82. The number of aryl methyl sites for hydroxylation is 1. The zero-order valence-corrected chi connectivity index (χ0v) is 14.1. The summed E-state index contributed by atoms with van der Waals surface area (Å²) < 4.78 is 33.0. The number of aromatic nitrogens is 1. The summed E-state index contributed by atoms with van der Waals surface area (Å²) in [5.74, 6) is 0.532. The quantitative estimate of drug-likeness (QED) is 0.913. The zero-order chi connectivity index (χ0) is 17.3. The van der Waals surface area contributed by atoms with Crippen LogP contribution < -0.4 is 14.4 Å². The van der Waals surface area contributed by atoms with Crippen molar-refractivity contribution >= 4 is 27.4 Å². The van der Waals surface area contributed by atoms with Gasteiger partial charge in [0, 0.05) is 12.2 Å². The molecule has 8 heteroatoms. The molecule has 1 aromatic heterocycles. The topological polar surface area (TPSA) is 88.6 Å². The Kier molecular flexibility index (Phi) is 4.15. The van der Waals surface area contributed by atoms with Crippen molar-refractivity contribution in [1.82, 2.24) is 4.98 Å². The van der Waals surface area contributed by atoms with E-state index in [1.807, 2.05) is 6.92 Å². The Labute approximate surface area is 140 Å². The maximum atomic E-state index is 12.6. The number of carbonyl (C=O) groups is 1. The van der Waals surface area contributed by atoms with Crippen LogP contribution in [0.15, 0.2) is 41.3 Å². The molecule has 7 nitrogen and oxygen atoms in total. The van der Waals surface area contributed by atoms with Crippen LogP contribution in [-0.2, 0) is 14.8 Å². The summed E-state index contributed by atoms with van der Waals surface area (Å²) in [5.41, 5.74) is 1.16. The van der Waals surface area contributed by atoms with Crippen LogP contribution in [-0.4, -0.2) is 32.5 Å². The first-order valence-electron chi connectivity index (χ1n) is 7.44. The Morgan fingerprint density at radius 2 is 2.08 bits per heavy atom. The number of rotatable bonds is 4. The van der Waals surface area contributed by atoms with Crippen LogP contribution in [0.25, 0.3) is 0 Å². The Balaban J connectivity index is 1.97. The molecule has 0 spiro atoms. The van der Waals surface area contributed by atoms with E-state index < -0.39 is 10.0 Å². The van der Waals surface area contributed by atoms with Crippen LogP contribution in [0, 0.1) is 6.92 Å². The van der Waals surface area contributed by atoms with Crippen LogP contribution in [0.2, 0.25) is 0 Å². The number of hydrogen-bond donors (Lipinski definition) is 1. The second-order valence-corrected chi connectivity index (χ2v) is 7.01. The first kappa shape index (κ1) is 16.3. The number of fused-ring (bicyclic) bond motifs is 1. The lowest BCUT2D eigenvalue weighted by atomic mass is 10.2. The number of benzene rings is 1. The van der Waals surface area contributed by atoms with Gasteiger partial charge in [-0.25, -0.2) is 13.4 Å². The van der Waals surface area contributed by atoms with E-state index in [9.17, 15) is 13.2 Å². The smallest absolute Gasteiger partial charge is 0.265 e. The van der Waals surface area contributed by atoms with Crippen molar-refractivity contribution in [2.24, 2.45) is 0 Å². The fourth-order valence-corrected chi connectivity index (χ4v) is 3.51. The largest absolute Gasteiger partial charge is 0.482 e. The molecule has 1 aliphatic rings. The molecule has 2 aromatic rings. The highest BCUT2D eigenvalue weighted by Crippen LogP contribution is 2.34. The third-order valence-corrected chi connectivity index (χ3v) is 4.98. The van der Waals surface area contributed by atoms with Gasteiger partial charge in [-0.2, -0.15) is 0 Å². The van der Waals surface area contributed by atoms with E-state index in [0.717, 1.165) is 0 Å². The fourth-order valence-electron chi connectivity index (χ4n) is 2.49. The molecule has 24 heavy (non-hydrogen) atoms. The highest BCUT2D eigenvalue weighted by molar-refractivity contribution is 7.92. The van der Waals surface area contributed by atoms with Gasteiger partial charge in [0.25, 0.3) is 15.9 Å². The molecule has 1 aliphatic heterocycles. The summed E-state index contributed by atoms with van der Waals surface area (Å²) in [6, 6.07) is 9.52. The molecule has 1 N–H and O–H groups in total. The van der Waals surface area contributed by atoms with Crippen molar-refractivity contribution in [3.63, 3.8) is 0 Å². The number of likely N-dealkylation sites (N-methyl/N-ethyl adjacent to an activating group) is 1. The average molecular weight is 347 g/mol. The lowest BCUT2D eigenvalue weighted by Gasteiger charge is -2.28. The second-order valence-electron chi connectivity index (χ2n) is 5.33. The van der Waals surface area contributed by atoms with Crippen LogP contribution >= 0.6 is 0 Å². The van der Waals surface area contributed by atoms with Gasteiger partial charge >= 0.3 is 0 Å². The van der Waals surface area contributed by atoms with Gasteiger partial charge in [0.05, 0.1) is 10.6 Å². The van der Waals surface area contributed by atoms with E-state index in [4.69, 9.17) is 4.74 Å². The van der Waals surface area contributed by atoms with Crippen LogP contribution in [0.5, 0.6) is 5.75 Å². The standard InChI is InChI=1S/C16H17N3O4S/c1-3-19-13-9-12(7-8-14(13)23-10-16(19)20)24(21,22)18-15-6-4-5-11(2)17-15/h4-9H,3,10H2,1-2H3,(H,17,18). The van der Waals surface area contributed by atoms with E-state index in [1.165, 1.54) is 17.0 Å². The van der Waals surface area contributed by atoms with Crippen molar-refractivity contribution in [2.45, 2.75) is 18.7 Å². The van der Waals surface area contributed by atoms with Crippen molar-refractivity contribution in [2.75, 3.05) is 22.8 Å². The molecule has 0 aliphatic carbocycles. The predicted octanol–water partition coefficient (Wildman–Crippen LogP) is 1.94. The minimum Gasteiger partial charge on any atom is -0.482 e. The van der Waals surface area contributed by atoms with E-state index in [0.29, 0.717) is 23.7 Å². The molecule has 0 saturated carbocycles. The Bertz CT molecular complexity index is 896. The molecule has 0 radical (unpaired) electrons.